The van der Waals surface area contributed by atoms with Crippen molar-refractivity contribution < 1.29 is 9.53 Å². The largest absolute Gasteiger partial charge is 0.460 e. The smallest absolute Gasteiger partial charge is 0.331 e. The predicted octanol–water partition coefficient (Wildman–Crippen LogP) is 3.80. The monoisotopic (exact) mass is 240 g/mol. The number of fused-ring (bicyclic) bond motifs is 1. The van der Waals surface area contributed by atoms with Crippen molar-refractivity contribution in [1.82, 2.24) is 0 Å². The molecule has 0 heterocycles. The topological polar surface area (TPSA) is 26.3 Å². The Morgan fingerprint density at radius 2 is 1.83 bits per heavy atom. The Morgan fingerprint density at radius 3 is 2.61 bits per heavy atom. The number of carbonyl (C=O) groups excluding carboxylic acids is 1. The Bertz CT molecular complexity index is 577. The van der Waals surface area contributed by atoms with E-state index in [1.54, 1.807) is 6.08 Å². The first-order valence-electron chi connectivity index (χ1n) is 6.03. The lowest BCUT2D eigenvalue weighted by Gasteiger charge is -2.04. The summed E-state index contributed by atoms with van der Waals surface area (Å²) < 4.78 is 5.06. The van der Waals surface area contributed by atoms with Gasteiger partial charge < -0.3 is 4.74 Å². The van der Waals surface area contributed by atoms with Crippen LogP contribution in [0.4, 0.5) is 0 Å². The van der Waals surface area contributed by atoms with Gasteiger partial charge in [-0.1, -0.05) is 42.5 Å². The second-order valence-electron chi connectivity index (χ2n) is 4.39. The minimum absolute atomic E-state index is 0.0883. The van der Waals surface area contributed by atoms with E-state index in [1.165, 1.54) is 6.08 Å². The molecule has 0 unspecified atom stereocenters. The first-order valence-corrected chi connectivity index (χ1v) is 6.03. The van der Waals surface area contributed by atoms with E-state index >= 15 is 0 Å². The van der Waals surface area contributed by atoms with Gasteiger partial charge in [0.1, 0.15) is 0 Å². The van der Waals surface area contributed by atoms with Crippen LogP contribution < -0.4 is 0 Å². The molecule has 0 N–H and O–H groups in total. The summed E-state index contributed by atoms with van der Waals surface area (Å²) in [7, 11) is 0. The SMILES string of the molecule is CC(C)OC(=O)/C=C/c1cccc2ccccc12. The van der Waals surface area contributed by atoms with Gasteiger partial charge in [-0.2, -0.15) is 0 Å². The number of carbonyl (C=O) groups is 1. The highest BCUT2D eigenvalue weighted by Crippen LogP contribution is 2.19. The van der Waals surface area contributed by atoms with E-state index in [2.05, 4.69) is 12.1 Å². The lowest BCUT2D eigenvalue weighted by atomic mass is 10.0. The Hall–Kier alpha value is -2.09. The highest BCUT2D eigenvalue weighted by atomic mass is 16.5. The van der Waals surface area contributed by atoms with Gasteiger partial charge in [-0.25, -0.2) is 4.79 Å². The van der Waals surface area contributed by atoms with Crippen LogP contribution >= 0.6 is 0 Å². The van der Waals surface area contributed by atoms with E-state index in [9.17, 15) is 4.79 Å². The zero-order chi connectivity index (χ0) is 13.0. The summed E-state index contributed by atoms with van der Waals surface area (Å²) >= 11 is 0. The number of benzene rings is 2. The van der Waals surface area contributed by atoms with Gasteiger partial charge in [0, 0.05) is 6.08 Å². The van der Waals surface area contributed by atoms with E-state index in [0.717, 1.165) is 16.3 Å². The maximum atomic E-state index is 11.5. The van der Waals surface area contributed by atoms with E-state index in [-0.39, 0.29) is 12.1 Å². The van der Waals surface area contributed by atoms with Gasteiger partial charge in [0.15, 0.2) is 0 Å². The van der Waals surface area contributed by atoms with Crippen molar-refractivity contribution in [3.05, 3.63) is 54.1 Å². The van der Waals surface area contributed by atoms with E-state index in [1.807, 2.05) is 44.2 Å². The molecule has 2 aromatic rings. The summed E-state index contributed by atoms with van der Waals surface area (Å²) in [6.07, 6.45) is 3.18. The van der Waals surface area contributed by atoms with Crippen molar-refractivity contribution in [2.75, 3.05) is 0 Å². The third kappa shape index (κ3) is 2.98. The van der Waals surface area contributed by atoms with Gasteiger partial charge in [0.25, 0.3) is 0 Å². The highest BCUT2D eigenvalue weighted by molar-refractivity contribution is 5.94. The number of hydrogen-bond donors (Lipinski definition) is 0. The Kier molecular flexibility index (Phi) is 3.78. The first-order chi connectivity index (χ1) is 8.66. The van der Waals surface area contributed by atoms with Crippen LogP contribution in [0.25, 0.3) is 16.8 Å². The molecule has 0 atom stereocenters. The molecule has 0 spiro atoms. The van der Waals surface area contributed by atoms with Crippen molar-refractivity contribution in [1.29, 1.82) is 0 Å². The molecule has 2 rings (SSSR count). The lowest BCUT2D eigenvalue weighted by molar-refractivity contribution is -0.141. The fourth-order valence-corrected chi connectivity index (χ4v) is 1.83. The Balaban J connectivity index is 2.27. The molecular formula is C16H16O2. The van der Waals surface area contributed by atoms with Crippen LogP contribution in [0, 0.1) is 0 Å². The average molecular weight is 240 g/mol. The molecule has 2 nitrogen and oxygen atoms in total. The third-order valence-corrected chi connectivity index (χ3v) is 2.57. The summed E-state index contributed by atoms with van der Waals surface area (Å²) in [4.78, 5) is 11.5. The maximum absolute atomic E-state index is 11.5. The van der Waals surface area contributed by atoms with E-state index < -0.39 is 0 Å². The van der Waals surface area contributed by atoms with Gasteiger partial charge in [0.2, 0.25) is 0 Å². The third-order valence-electron chi connectivity index (χ3n) is 2.57. The van der Waals surface area contributed by atoms with Crippen LogP contribution in [0.5, 0.6) is 0 Å². The molecule has 0 saturated carbocycles. The molecule has 92 valence electrons. The molecule has 0 fully saturated rings. The summed E-state index contributed by atoms with van der Waals surface area (Å²) in [5.41, 5.74) is 1.02. The van der Waals surface area contributed by atoms with Crippen LogP contribution in [0.2, 0.25) is 0 Å². The van der Waals surface area contributed by atoms with Crippen molar-refractivity contribution in [3.63, 3.8) is 0 Å². The molecule has 0 bridgehead atoms. The van der Waals surface area contributed by atoms with Crippen LogP contribution in [0.1, 0.15) is 19.4 Å². The predicted molar refractivity (Wildman–Crippen MR) is 74.2 cm³/mol. The molecule has 0 radical (unpaired) electrons. The summed E-state index contributed by atoms with van der Waals surface area (Å²) in [6.45, 7) is 3.67. The normalized spacial score (nSPS) is 11.3. The van der Waals surface area contributed by atoms with Crippen LogP contribution in [-0.2, 0) is 9.53 Å². The van der Waals surface area contributed by atoms with E-state index in [0.29, 0.717) is 0 Å². The van der Waals surface area contributed by atoms with Gasteiger partial charge in [-0.3, -0.25) is 0 Å². The van der Waals surface area contributed by atoms with Gasteiger partial charge in [-0.05, 0) is 36.3 Å². The number of hydrogen-bond acceptors (Lipinski definition) is 2. The second kappa shape index (κ2) is 5.50. The van der Waals surface area contributed by atoms with Crippen LogP contribution in [0.15, 0.2) is 48.5 Å². The van der Waals surface area contributed by atoms with Gasteiger partial charge in [0.05, 0.1) is 6.10 Å². The number of rotatable bonds is 3. The second-order valence-corrected chi connectivity index (χ2v) is 4.39. The molecule has 0 aliphatic heterocycles. The molecular weight excluding hydrogens is 224 g/mol. The van der Waals surface area contributed by atoms with E-state index in [4.69, 9.17) is 4.74 Å². The average Bonchev–Trinajstić information content (AvgIpc) is 2.35. The summed E-state index contributed by atoms with van der Waals surface area (Å²) in [5.74, 6) is -0.307. The number of ether oxygens (including phenoxy) is 1. The maximum Gasteiger partial charge on any atom is 0.331 e. The van der Waals surface area contributed by atoms with Crippen molar-refractivity contribution >= 4 is 22.8 Å². The van der Waals surface area contributed by atoms with Gasteiger partial charge in [-0.15, -0.1) is 0 Å². The molecule has 0 aliphatic rings. The Labute approximate surface area is 107 Å². The Morgan fingerprint density at radius 1 is 1.11 bits per heavy atom. The molecule has 2 aromatic carbocycles. The number of esters is 1. The molecule has 0 aliphatic carbocycles. The molecule has 2 heteroatoms. The summed E-state index contributed by atoms with van der Waals surface area (Å²) in [5, 5.41) is 2.30. The van der Waals surface area contributed by atoms with Crippen LogP contribution in [-0.4, -0.2) is 12.1 Å². The molecule has 0 amide bonds. The van der Waals surface area contributed by atoms with Crippen molar-refractivity contribution in [3.8, 4) is 0 Å². The highest BCUT2D eigenvalue weighted by Gasteiger charge is 2.01. The zero-order valence-electron chi connectivity index (χ0n) is 10.6. The summed E-state index contributed by atoms with van der Waals surface area (Å²) in [6, 6.07) is 14.1. The van der Waals surface area contributed by atoms with Crippen molar-refractivity contribution in [2.24, 2.45) is 0 Å². The van der Waals surface area contributed by atoms with Crippen LogP contribution in [0.3, 0.4) is 0 Å². The standard InChI is InChI=1S/C16H16O2/c1-12(2)18-16(17)11-10-14-8-5-7-13-6-3-4-9-15(13)14/h3-12H,1-2H3/b11-10+. The minimum Gasteiger partial charge on any atom is -0.460 e. The molecule has 0 aromatic heterocycles. The quantitative estimate of drug-likeness (QED) is 0.602. The van der Waals surface area contributed by atoms with Crippen molar-refractivity contribution in [2.45, 2.75) is 20.0 Å². The molecule has 0 saturated heterocycles. The fraction of sp³-hybridized carbons (Fsp3) is 0.188. The van der Waals surface area contributed by atoms with Gasteiger partial charge >= 0.3 is 5.97 Å². The first kappa shape index (κ1) is 12.4. The lowest BCUT2D eigenvalue weighted by Crippen LogP contribution is -2.08. The fourth-order valence-electron chi connectivity index (χ4n) is 1.83. The zero-order valence-corrected chi connectivity index (χ0v) is 10.6. The molecule has 18 heavy (non-hydrogen) atoms. The minimum atomic E-state index is -0.307.